The van der Waals surface area contributed by atoms with E-state index in [1.807, 2.05) is 11.6 Å². The fourth-order valence-electron chi connectivity index (χ4n) is 1.40. The van der Waals surface area contributed by atoms with Crippen LogP contribution < -0.4 is 10.5 Å². The molecule has 0 amide bonds. The number of hydrogen-bond donors (Lipinski definition) is 1. The Morgan fingerprint density at radius 1 is 1.33 bits per heavy atom. The van der Waals surface area contributed by atoms with Crippen LogP contribution in [0.2, 0.25) is 0 Å². The molecule has 0 saturated carbocycles. The van der Waals surface area contributed by atoms with Crippen molar-refractivity contribution in [2.75, 3.05) is 12.3 Å². The molecule has 4 heteroatoms. The van der Waals surface area contributed by atoms with Gasteiger partial charge in [0.05, 0.1) is 12.3 Å². The molecule has 1 aromatic heterocycles. The Morgan fingerprint density at radius 2 is 2.07 bits per heavy atom. The summed E-state index contributed by atoms with van der Waals surface area (Å²) in [5.41, 5.74) is 7.44. The first-order valence-corrected chi connectivity index (χ1v) is 5.66. The zero-order valence-electron chi connectivity index (χ0n) is 9.92. The molecule has 2 N–H and O–H groups in total. The highest BCUT2D eigenvalue weighted by Gasteiger charge is 2.12. The molecule has 1 aromatic rings. The van der Waals surface area contributed by atoms with Crippen molar-refractivity contribution in [3.8, 4) is 5.88 Å². The summed E-state index contributed by atoms with van der Waals surface area (Å²) in [5, 5.41) is 4.35. The van der Waals surface area contributed by atoms with Gasteiger partial charge in [0.15, 0.2) is 0 Å². The lowest BCUT2D eigenvalue weighted by atomic mass is 10.3. The molecule has 0 bridgehead atoms. The van der Waals surface area contributed by atoms with E-state index in [-0.39, 0.29) is 0 Å². The van der Waals surface area contributed by atoms with Crippen molar-refractivity contribution in [1.29, 1.82) is 0 Å². The van der Waals surface area contributed by atoms with Gasteiger partial charge in [0.2, 0.25) is 5.88 Å². The number of nitrogen functional groups attached to an aromatic ring is 1. The van der Waals surface area contributed by atoms with Crippen LogP contribution in [0.15, 0.2) is 0 Å². The molecule has 0 fully saturated rings. The molecule has 0 aromatic carbocycles. The Kier molecular flexibility index (Phi) is 4.46. The van der Waals surface area contributed by atoms with E-state index >= 15 is 0 Å². The summed E-state index contributed by atoms with van der Waals surface area (Å²) < 4.78 is 7.52. The molecule has 15 heavy (non-hydrogen) atoms. The molecule has 86 valence electrons. The number of nitrogens with zero attached hydrogens (tertiary/aromatic N) is 2. The van der Waals surface area contributed by atoms with Gasteiger partial charge < -0.3 is 10.5 Å². The van der Waals surface area contributed by atoms with Crippen LogP contribution in [0.5, 0.6) is 5.88 Å². The summed E-state index contributed by atoms with van der Waals surface area (Å²) in [6.45, 7) is 7.74. The Balaban J connectivity index is 2.73. The van der Waals surface area contributed by atoms with Gasteiger partial charge in [-0.15, -0.1) is 0 Å². The van der Waals surface area contributed by atoms with Gasteiger partial charge in [0.25, 0.3) is 0 Å². The van der Waals surface area contributed by atoms with Crippen LogP contribution in [0, 0.1) is 6.92 Å². The lowest BCUT2D eigenvalue weighted by Crippen LogP contribution is -2.06. The van der Waals surface area contributed by atoms with Crippen molar-refractivity contribution in [3.05, 3.63) is 5.69 Å². The molecule has 0 atom stereocenters. The largest absolute Gasteiger partial charge is 0.476 e. The monoisotopic (exact) mass is 211 g/mol. The zero-order chi connectivity index (χ0) is 11.3. The standard InChI is InChI=1S/C11H21N3O/c1-4-6-8-15-11-10(12)9(3)13-14(11)7-5-2/h4-8,12H2,1-3H3. The maximum Gasteiger partial charge on any atom is 0.236 e. The molecule has 1 heterocycles. The van der Waals surface area contributed by atoms with Gasteiger partial charge >= 0.3 is 0 Å². The normalized spacial score (nSPS) is 10.6. The minimum Gasteiger partial charge on any atom is -0.476 e. The third kappa shape index (κ3) is 2.88. The van der Waals surface area contributed by atoms with Crippen molar-refractivity contribution in [1.82, 2.24) is 9.78 Å². The molecule has 4 nitrogen and oxygen atoms in total. The van der Waals surface area contributed by atoms with Gasteiger partial charge in [-0.1, -0.05) is 20.3 Å². The van der Waals surface area contributed by atoms with E-state index in [0.29, 0.717) is 5.69 Å². The lowest BCUT2D eigenvalue weighted by molar-refractivity contribution is 0.278. The highest BCUT2D eigenvalue weighted by molar-refractivity contribution is 5.52. The summed E-state index contributed by atoms with van der Waals surface area (Å²) >= 11 is 0. The molecule has 1 rings (SSSR count). The molecule has 0 unspecified atom stereocenters. The fourth-order valence-corrected chi connectivity index (χ4v) is 1.40. The Hall–Kier alpha value is -1.19. The molecule has 0 saturated heterocycles. The van der Waals surface area contributed by atoms with E-state index in [4.69, 9.17) is 10.5 Å². The number of anilines is 1. The number of nitrogens with two attached hydrogens (primary N) is 1. The van der Waals surface area contributed by atoms with Crippen molar-refractivity contribution >= 4 is 5.69 Å². The minimum absolute atomic E-state index is 0.680. The summed E-state index contributed by atoms with van der Waals surface area (Å²) in [5.74, 6) is 0.739. The number of aromatic nitrogens is 2. The Labute approximate surface area is 91.4 Å². The SMILES string of the molecule is CCCCOc1c(N)c(C)nn1CCC. The van der Waals surface area contributed by atoms with E-state index in [9.17, 15) is 0 Å². The highest BCUT2D eigenvalue weighted by Crippen LogP contribution is 2.25. The number of unbranched alkanes of at least 4 members (excludes halogenated alkanes) is 1. The second kappa shape index (κ2) is 5.63. The number of rotatable bonds is 6. The van der Waals surface area contributed by atoms with Crippen molar-refractivity contribution in [2.24, 2.45) is 0 Å². The number of ether oxygens (including phenoxy) is 1. The molecule has 0 radical (unpaired) electrons. The van der Waals surface area contributed by atoms with E-state index in [1.165, 1.54) is 0 Å². The van der Waals surface area contributed by atoms with Crippen LogP contribution in [-0.2, 0) is 6.54 Å². The molecule has 0 spiro atoms. The number of hydrogen-bond acceptors (Lipinski definition) is 3. The minimum atomic E-state index is 0.680. The van der Waals surface area contributed by atoms with Crippen LogP contribution in [0.4, 0.5) is 5.69 Å². The second-order valence-electron chi connectivity index (χ2n) is 3.73. The van der Waals surface area contributed by atoms with Crippen LogP contribution in [0.1, 0.15) is 38.8 Å². The predicted octanol–water partition coefficient (Wildman–Crippen LogP) is 2.36. The zero-order valence-corrected chi connectivity index (χ0v) is 9.92. The maximum atomic E-state index is 5.91. The van der Waals surface area contributed by atoms with Gasteiger partial charge in [-0.25, -0.2) is 4.68 Å². The van der Waals surface area contributed by atoms with Crippen molar-refractivity contribution < 1.29 is 4.74 Å². The van der Waals surface area contributed by atoms with Crippen LogP contribution in [0.3, 0.4) is 0 Å². The Morgan fingerprint density at radius 3 is 2.67 bits per heavy atom. The Bertz CT molecular complexity index is 307. The predicted molar refractivity (Wildman–Crippen MR) is 62.1 cm³/mol. The fraction of sp³-hybridized carbons (Fsp3) is 0.727. The summed E-state index contributed by atoms with van der Waals surface area (Å²) in [6.07, 6.45) is 3.21. The summed E-state index contributed by atoms with van der Waals surface area (Å²) in [7, 11) is 0. The van der Waals surface area contributed by atoms with Crippen molar-refractivity contribution in [3.63, 3.8) is 0 Å². The van der Waals surface area contributed by atoms with Gasteiger partial charge in [0, 0.05) is 6.54 Å². The molecular weight excluding hydrogens is 190 g/mol. The van der Waals surface area contributed by atoms with Gasteiger partial charge in [-0.3, -0.25) is 0 Å². The second-order valence-corrected chi connectivity index (χ2v) is 3.73. The third-order valence-electron chi connectivity index (χ3n) is 2.30. The molecule has 0 aliphatic carbocycles. The maximum absolute atomic E-state index is 5.91. The first-order chi connectivity index (χ1) is 7.20. The molecule has 0 aliphatic heterocycles. The first-order valence-electron chi connectivity index (χ1n) is 5.66. The lowest BCUT2D eigenvalue weighted by Gasteiger charge is -2.08. The van der Waals surface area contributed by atoms with E-state index < -0.39 is 0 Å². The van der Waals surface area contributed by atoms with Crippen molar-refractivity contribution in [2.45, 2.75) is 46.6 Å². The average molecular weight is 211 g/mol. The summed E-state index contributed by atoms with van der Waals surface area (Å²) in [4.78, 5) is 0. The van der Waals surface area contributed by atoms with E-state index in [2.05, 4.69) is 18.9 Å². The van der Waals surface area contributed by atoms with Gasteiger partial charge in [-0.2, -0.15) is 5.10 Å². The third-order valence-corrected chi connectivity index (χ3v) is 2.30. The molecule has 0 aliphatic rings. The van der Waals surface area contributed by atoms with Gasteiger partial charge in [0.1, 0.15) is 5.69 Å². The highest BCUT2D eigenvalue weighted by atomic mass is 16.5. The first kappa shape index (κ1) is 11.9. The topological polar surface area (TPSA) is 53.1 Å². The van der Waals surface area contributed by atoms with Crippen LogP contribution in [-0.4, -0.2) is 16.4 Å². The number of aryl methyl sites for hydroxylation is 2. The van der Waals surface area contributed by atoms with Gasteiger partial charge in [-0.05, 0) is 19.8 Å². The van der Waals surface area contributed by atoms with Crippen LogP contribution in [0.25, 0.3) is 0 Å². The van der Waals surface area contributed by atoms with Crippen LogP contribution >= 0.6 is 0 Å². The smallest absolute Gasteiger partial charge is 0.236 e. The molecular formula is C11H21N3O. The van der Waals surface area contributed by atoms with E-state index in [0.717, 1.165) is 44.0 Å². The summed E-state index contributed by atoms with van der Waals surface area (Å²) in [6, 6.07) is 0. The quantitative estimate of drug-likeness (QED) is 0.735. The average Bonchev–Trinajstić information content (AvgIpc) is 2.47. The van der Waals surface area contributed by atoms with E-state index in [1.54, 1.807) is 0 Å².